The summed E-state index contributed by atoms with van der Waals surface area (Å²) in [7, 11) is 0. The lowest BCUT2D eigenvalue weighted by Gasteiger charge is -2.21. The Bertz CT molecular complexity index is 429. The van der Waals surface area contributed by atoms with Gasteiger partial charge < -0.3 is 9.64 Å². The van der Waals surface area contributed by atoms with Crippen molar-refractivity contribution < 1.29 is 9.53 Å². The number of likely N-dealkylation sites (N-methyl/N-ethyl adjacent to an activating group) is 1. The number of halogens is 3. The lowest BCUT2D eigenvalue weighted by molar-refractivity contribution is 0.0670. The van der Waals surface area contributed by atoms with Crippen LogP contribution >= 0.6 is 43.5 Å². The van der Waals surface area contributed by atoms with E-state index in [4.69, 9.17) is 16.3 Å². The smallest absolute Gasteiger partial charge is 0.255 e. The van der Waals surface area contributed by atoms with Crippen LogP contribution in [0, 0.1) is 0 Å². The van der Waals surface area contributed by atoms with Gasteiger partial charge in [-0.3, -0.25) is 4.79 Å². The highest BCUT2D eigenvalue weighted by atomic mass is 79.9. The monoisotopic (exact) mass is 411 g/mol. The standard InChI is InChI=1S/C13H16Br2ClNO2/c1-2-17(6-8-19-7-5-16)13(18)11-4-3-10(14)9-12(11)15/h3-4,9H,2,5-8H2,1H3. The molecule has 1 aromatic rings. The second kappa shape index (κ2) is 8.95. The van der Waals surface area contributed by atoms with E-state index in [9.17, 15) is 4.79 Å². The van der Waals surface area contributed by atoms with Crippen LogP contribution in [0.1, 0.15) is 17.3 Å². The maximum absolute atomic E-state index is 12.4. The Kier molecular flexibility index (Phi) is 7.99. The molecule has 0 aliphatic rings. The zero-order valence-corrected chi connectivity index (χ0v) is 14.6. The summed E-state index contributed by atoms with van der Waals surface area (Å²) >= 11 is 12.3. The van der Waals surface area contributed by atoms with Gasteiger partial charge in [0, 0.05) is 27.9 Å². The summed E-state index contributed by atoms with van der Waals surface area (Å²) in [5.41, 5.74) is 0.655. The molecule has 0 aliphatic heterocycles. The van der Waals surface area contributed by atoms with Crippen molar-refractivity contribution in [2.75, 3.05) is 32.2 Å². The molecule has 0 bridgehead atoms. The largest absolute Gasteiger partial charge is 0.378 e. The number of amides is 1. The van der Waals surface area contributed by atoms with E-state index in [0.29, 0.717) is 37.7 Å². The molecular formula is C13H16Br2ClNO2. The third-order valence-corrected chi connectivity index (χ3v) is 3.86. The van der Waals surface area contributed by atoms with E-state index in [1.54, 1.807) is 11.0 Å². The lowest BCUT2D eigenvalue weighted by atomic mass is 10.2. The van der Waals surface area contributed by atoms with Crippen molar-refractivity contribution >= 4 is 49.4 Å². The summed E-state index contributed by atoms with van der Waals surface area (Å²) < 4.78 is 7.02. The fourth-order valence-electron chi connectivity index (χ4n) is 1.57. The molecule has 1 rings (SSSR count). The molecule has 0 unspecified atom stereocenters. The van der Waals surface area contributed by atoms with Crippen LogP contribution in [0.25, 0.3) is 0 Å². The molecule has 1 amide bonds. The molecule has 6 heteroatoms. The van der Waals surface area contributed by atoms with Crippen LogP contribution in [-0.4, -0.2) is 43.0 Å². The van der Waals surface area contributed by atoms with Crippen molar-refractivity contribution in [3.05, 3.63) is 32.7 Å². The minimum Gasteiger partial charge on any atom is -0.378 e. The van der Waals surface area contributed by atoms with Crippen LogP contribution in [0.4, 0.5) is 0 Å². The van der Waals surface area contributed by atoms with E-state index >= 15 is 0 Å². The topological polar surface area (TPSA) is 29.5 Å². The van der Waals surface area contributed by atoms with E-state index in [0.717, 1.165) is 8.95 Å². The summed E-state index contributed by atoms with van der Waals surface area (Å²) in [6.45, 7) is 4.17. The molecule has 19 heavy (non-hydrogen) atoms. The maximum Gasteiger partial charge on any atom is 0.255 e. The van der Waals surface area contributed by atoms with Crippen LogP contribution in [0.3, 0.4) is 0 Å². The number of carbonyl (C=O) groups is 1. The van der Waals surface area contributed by atoms with Gasteiger partial charge >= 0.3 is 0 Å². The summed E-state index contributed by atoms with van der Waals surface area (Å²) in [5, 5.41) is 0. The molecule has 0 atom stereocenters. The lowest BCUT2D eigenvalue weighted by Crippen LogP contribution is -2.34. The third kappa shape index (κ3) is 5.42. The number of ether oxygens (including phenoxy) is 1. The molecule has 0 spiro atoms. The quantitative estimate of drug-likeness (QED) is 0.501. The maximum atomic E-state index is 12.4. The second-order valence-electron chi connectivity index (χ2n) is 3.81. The second-order valence-corrected chi connectivity index (χ2v) is 5.96. The van der Waals surface area contributed by atoms with Crippen LogP contribution in [-0.2, 0) is 4.74 Å². The summed E-state index contributed by atoms with van der Waals surface area (Å²) in [6, 6.07) is 5.53. The molecule has 106 valence electrons. The predicted octanol–water partition coefficient (Wildman–Crippen LogP) is 3.93. The summed E-state index contributed by atoms with van der Waals surface area (Å²) in [4.78, 5) is 14.1. The molecule has 0 saturated carbocycles. The Hall–Kier alpha value is -0.100. The number of benzene rings is 1. The molecule has 0 fully saturated rings. The number of nitrogens with zero attached hydrogens (tertiary/aromatic N) is 1. The fraction of sp³-hybridized carbons (Fsp3) is 0.462. The average molecular weight is 414 g/mol. The van der Waals surface area contributed by atoms with Gasteiger partial charge in [0.25, 0.3) is 5.91 Å². The Labute approximate surface area is 135 Å². The SMILES string of the molecule is CCN(CCOCCCl)C(=O)c1ccc(Br)cc1Br. The third-order valence-electron chi connectivity index (χ3n) is 2.56. The van der Waals surface area contributed by atoms with E-state index in [1.165, 1.54) is 0 Å². The normalized spacial score (nSPS) is 10.5. The van der Waals surface area contributed by atoms with Crippen LogP contribution in [0.2, 0.25) is 0 Å². The van der Waals surface area contributed by atoms with Crippen molar-refractivity contribution in [2.45, 2.75) is 6.92 Å². The molecule has 0 aromatic heterocycles. The zero-order valence-electron chi connectivity index (χ0n) is 10.7. The number of rotatable bonds is 7. The summed E-state index contributed by atoms with van der Waals surface area (Å²) in [6.07, 6.45) is 0. The molecule has 0 aliphatic carbocycles. The Morgan fingerprint density at radius 2 is 2.11 bits per heavy atom. The van der Waals surface area contributed by atoms with Crippen LogP contribution < -0.4 is 0 Å². The number of hydrogen-bond acceptors (Lipinski definition) is 2. The van der Waals surface area contributed by atoms with E-state index in [-0.39, 0.29) is 5.91 Å². The molecule has 1 aromatic carbocycles. The number of carbonyl (C=O) groups excluding carboxylic acids is 1. The highest BCUT2D eigenvalue weighted by Gasteiger charge is 2.16. The Morgan fingerprint density at radius 3 is 2.68 bits per heavy atom. The van der Waals surface area contributed by atoms with Crippen LogP contribution in [0.5, 0.6) is 0 Å². The van der Waals surface area contributed by atoms with Gasteiger partial charge in [-0.05, 0) is 41.1 Å². The first-order valence-electron chi connectivity index (χ1n) is 5.98. The van der Waals surface area contributed by atoms with Gasteiger partial charge in [-0.1, -0.05) is 15.9 Å². The van der Waals surface area contributed by atoms with Gasteiger partial charge in [-0.15, -0.1) is 11.6 Å². The van der Waals surface area contributed by atoms with Crippen molar-refractivity contribution in [3.8, 4) is 0 Å². The molecule has 3 nitrogen and oxygen atoms in total. The first kappa shape index (κ1) is 17.0. The van der Waals surface area contributed by atoms with Gasteiger partial charge in [0.05, 0.1) is 18.8 Å². The highest BCUT2D eigenvalue weighted by molar-refractivity contribution is 9.11. The van der Waals surface area contributed by atoms with Crippen molar-refractivity contribution in [1.82, 2.24) is 4.90 Å². The zero-order chi connectivity index (χ0) is 14.3. The molecule has 0 N–H and O–H groups in total. The van der Waals surface area contributed by atoms with Gasteiger partial charge in [-0.2, -0.15) is 0 Å². The molecular weight excluding hydrogens is 397 g/mol. The van der Waals surface area contributed by atoms with Gasteiger partial charge in [-0.25, -0.2) is 0 Å². The molecule has 0 radical (unpaired) electrons. The van der Waals surface area contributed by atoms with Crippen molar-refractivity contribution in [3.63, 3.8) is 0 Å². The minimum absolute atomic E-state index is 0.00338. The van der Waals surface area contributed by atoms with Gasteiger partial charge in [0.2, 0.25) is 0 Å². The predicted molar refractivity (Wildman–Crippen MR) is 85.0 cm³/mol. The first-order valence-corrected chi connectivity index (χ1v) is 8.10. The Morgan fingerprint density at radius 1 is 1.37 bits per heavy atom. The first-order chi connectivity index (χ1) is 9.10. The van der Waals surface area contributed by atoms with E-state index < -0.39 is 0 Å². The van der Waals surface area contributed by atoms with Crippen molar-refractivity contribution in [2.24, 2.45) is 0 Å². The molecule has 0 saturated heterocycles. The van der Waals surface area contributed by atoms with E-state index in [1.807, 2.05) is 19.1 Å². The average Bonchev–Trinajstić information content (AvgIpc) is 2.38. The minimum atomic E-state index is -0.00338. The van der Waals surface area contributed by atoms with Gasteiger partial charge in [0.1, 0.15) is 0 Å². The number of hydrogen-bond donors (Lipinski definition) is 0. The summed E-state index contributed by atoms with van der Waals surface area (Å²) in [5.74, 6) is 0.467. The molecule has 0 heterocycles. The van der Waals surface area contributed by atoms with E-state index in [2.05, 4.69) is 31.9 Å². The Balaban J connectivity index is 2.67. The van der Waals surface area contributed by atoms with Gasteiger partial charge in [0.15, 0.2) is 0 Å². The van der Waals surface area contributed by atoms with Crippen LogP contribution in [0.15, 0.2) is 27.1 Å². The van der Waals surface area contributed by atoms with Crippen molar-refractivity contribution in [1.29, 1.82) is 0 Å². The number of alkyl halides is 1. The highest BCUT2D eigenvalue weighted by Crippen LogP contribution is 2.23. The fourth-order valence-corrected chi connectivity index (χ4v) is 2.89.